The Morgan fingerprint density at radius 1 is 1.39 bits per heavy atom. The van der Waals surface area contributed by atoms with Gasteiger partial charge in [0, 0.05) is 18.1 Å². The molecule has 7 heteroatoms. The highest BCUT2D eigenvalue weighted by molar-refractivity contribution is 7.15. The number of amides is 1. The standard InChI is InChI=1S/C16H16FN3O2S/c17-10-3-1-2-4-13(10)22-14-8-18-16(23-14)15(21)20-12-7-9-5-6-11(12)19-9/h1-4,8-9,11-12,19H,5-7H2,(H,20,21)/t9-,11+,12-/m1/s1. The highest BCUT2D eigenvalue weighted by Gasteiger charge is 2.39. The van der Waals surface area contributed by atoms with Gasteiger partial charge in [0.05, 0.1) is 6.20 Å². The van der Waals surface area contributed by atoms with E-state index in [2.05, 4.69) is 15.6 Å². The number of aromatic nitrogens is 1. The number of halogens is 1. The molecule has 0 saturated carbocycles. The van der Waals surface area contributed by atoms with Crippen LogP contribution in [0.1, 0.15) is 29.1 Å². The Hall–Kier alpha value is -1.99. The first-order valence-electron chi connectivity index (χ1n) is 7.64. The molecule has 2 bridgehead atoms. The number of carbonyl (C=O) groups excluding carboxylic acids is 1. The van der Waals surface area contributed by atoms with Crippen LogP contribution in [0.15, 0.2) is 30.5 Å². The van der Waals surface area contributed by atoms with Crippen molar-refractivity contribution >= 4 is 17.2 Å². The zero-order valence-electron chi connectivity index (χ0n) is 12.3. The molecular weight excluding hydrogens is 317 g/mol. The molecule has 3 atom stereocenters. The van der Waals surface area contributed by atoms with Gasteiger partial charge < -0.3 is 15.4 Å². The van der Waals surface area contributed by atoms with Crippen LogP contribution in [0.2, 0.25) is 0 Å². The number of fused-ring (bicyclic) bond motifs is 2. The quantitative estimate of drug-likeness (QED) is 0.903. The highest BCUT2D eigenvalue weighted by Crippen LogP contribution is 2.31. The van der Waals surface area contributed by atoms with Crippen LogP contribution in [-0.4, -0.2) is 29.0 Å². The van der Waals surface area contributed by atoms with Crippen LogP contribution in [0.5, 0.6) is 10.8 Å². The molecular formula is C16H16FN3O2S. The van der Waals surface area contributed by atoms with Crippen molar-refractivity contribution in [2.75, 3.05) is 0 Å². The van der Waals surface area contributed by atoms with Crippen molar-refractivity contribution in [1.29, 1.82) is 0 Å². The van der Waals surface area contributed by atoms with Gasteiger partial charge >= 0.3 is 0 Å². The lowest BCUT2D eigenvalue weighted by atomic mass is 9.95. The fourth-order valence-corrected chi connectivity index (χ4v) is 3.95. The van der Waals surface area contributed by atoms with Crippen LogP contribution in [-0.2, 0) is 0 Å². The number of hydrogen-bond acceptors (Lipinski definition) is 5. The topological polar surface area (TPSA) is 63.2 Å². The molecule has 1 aromatic heterocycles. The summed E-state index contributed by atoms with van der Waals surface area (Å²) < 4.78 is 19.0. The van der Waals surface area contributed by atoms with Crippen molar-refractivity contribution in [2.24, 2.45) is 0 Å². The molecule has 120 valence electrons. The molecule has 1 aromatic carbocycles. The molecule has 23 heavy (non-hydrogen) atoms. The smallest absolute Gasteiger partial charge is 0.280 e. The van der Waals surface area contributed by atoms with Gasteiger partial charge in [-0.25, -0.2) is 9.37 Å². The third-order valence-corrected chi connectivity index (χ3v) is 5.22. The van der Waals surface area contributed by atoms with Crippen LogP contribution >= 0.6 is 11.3 Å². The molecule has 2 saturated heterocycles. The lowest BCUT2D eigenvalue weighted by molar-refractivity contribution is 0.0930. The van der Waals surface area contributed by atoms with E-state index in [4.69, 9.17) is 4.74 Å². The Kier molecular flexibility index (Phi) is 3.74. The average Bonchev–Trinajstić information content (AvgIpc) is 3.26. The number of nitrogens with one attached hydrogen (secondary N) is 2. The summed E-state index contributed by atoms with van der Waals surface area (Å²) in [5.74, 6) is -0.516. The summed E-state index contributed by atoms with van der Waals surface area (Å²) in [5.41, 5.74) is 0. The van der Waals surface area contributed by atoms with Crippen molar-refractivity contribution < 1.29 is 13.9 Å². The van der Waals surface area contributed by atoms with Crippen molar-refractivity contribution in [3.8, 4) is 10.8 Å². The molecule has 3 heterocycles. The number of hydrogen-bond donors (Lipinski definition) is 2. The molecule has 5 nitrogen and oxygen atoms in total. The molecule has 0 unspecified atom stereocenters. The minimum Gasteiger partial charge on any atom is -0.442 e. The third-order valence-electron chi connectivity index (χ3n) is 4.34. The van der Waals surface area contributed by atoms with E-state index in [1.807, 2.05) is 0 Å². The van der Waals surface area contributed by atoms with Gasteiger partial charge in [-0.05, 0) is 31.4 Å². The monoisotopic (exact) mass is 333 g/mol. The molecule has 0 radical (unpaired) electrons. The van der Waals surface area contributed by atoms with Gasteiger partial charge in [0.1, 0.15) is 0 Å². The second-order valence-corrected chi connectivity index (χ2v) is 6.87. The van der Waals surface area contributed by atoms with Gasteiger partial charge in [0.25, 0.3) is 5.91 Å². The summed E-state index contributed by atoms with van der Waals surface area (Å²) in [6.45, 7) is 0. The fourth-order valence-electron chi connectivity index (χ4n) is 3.26. The van der Waals surface area contributed by atoms with E-state index in [1.165, 1.54) is 24.8 Å². The molecule has 2 aliphatic rings. The van der Waals surface area contributed by atoms with E-state index >= 15 is 0 Å². The Morgan fingerprint density at radius 2 is 2.26 bits per heavy atom. The molecule has 1 amide bonds. The largest absolute Gasteiger partial charge is 0.442 e. The first kappa shape index (κ1) is 14.6. The second-order valence-electron chi connectivity index (χ2n) is 5.88. The molecule has 4 rings (SSSR count). The molecule has 0 aliphatic carbocycles. The minimum absolute atomic E-state index is 0.125. The molecule has 2 aromatic rings. The van der Waals surface area contributed by atoms with Crippen molar-refractivity contribution in [3.63, 3.8) is 0 Å². The van der Waals surface area contributed by atoms with Gasteiger partial charge in [-0.3, -0.25) is 4.79 Å². The maximum Gasteiger partial charge on any atom is 0.280 e. The number of para-hydroxylation sites is 1. The SMILES string of the molecule is O=C(N[C@@H]1C[C@H]2CC[C@@H]1N2)c1ncc(Oc2ccccc2F)s1. The molecule has 0 spiro atoms. The van der Waals surface area contributed by atoms with E-state index in [0.717, 1.165) is 24.2 Å². The van der Waals surface area contributed by atoms with Crippen molar-refractivity contribution in [2.45, 2.75) is 37.4 Å². The van der Waals surface area contributed by atoms with Crippen LogP contribution in [0.4, 0.5) is 4.39 Å². The van der Waals surface area contributed by atoms with Crippen LogP contribution < -0.4 is 15.4 Å². The van der Waals surface area contributed by atoms with Gasteiger partial charge in [0.2, 0.25) is 5.06 Å². The third kappa shape index (κ3) is 2.94. The zero-order valence-corrected chi connectivity index (χ0v) is 13.1. The number of thiazole rings is 1. The predicted octanol–water partition coefficient (Wildman–Crippen LogP) is 2.70. The second kappa shape index (κ2) is 5.90. The van der Waals surface area contributed by atoms with Crippen molar-refractivity contribution in [3.05, 3.63) is 41.3 Å². The van der Waals surface area contributed by atoms with E-state index in [9.17, 15) is 9.18 Å². The Bertz CT molecular complexity index is 736. The summed E-state index contributed by atoms with van der Waals surface area (Å²) in [7, 11) is 0. The molecule has 2 aliphatic heterocycles. The van der Waals surface area contributed by atoms with Gasteiger partial charge in [-0.1, -0.05) is 23.5 Å². The van der Waals surface area contributed by atoms with Gasteiger partial charge in [0.15, 0.2) is 16.6 Å². The Morgan fingerprint density at radius 3 is 3.00 bits per heavy atom. The van der Waals surface area contributed by atoms with Crippen LogP contribution in [0.25, 0.3) is 0 Å². The average molecular weight is 333 g/mol. The predicted molar refractivity (Wildman–Crippen MR) is 84.4 cm³/mol. The van der Waals surface area contributed by atoms with E-state index in [1.54, 1.807) is 12.1 Å². The van der Waals surface area contributed by atoms with Gasteiger partial charge in [-0.15, -0.1) is 0 Å². The zero-order chi connectivity index (χ0) is 15.8. The summed E-state index contributed by atoms with van der Waals surface area (Å²) in [6, 6.07) is 7.22. The summed E-state index contributed by atoms with van der Waals surface area (Å²) in [4.78, 5) is 16.4. The Labute approximate surface area is 136 Å². The summed E-state index contributed by atoms with van der Waals surface area (Å²) in [5, 5.41) is 7.24. The summed E-state index contributed by atoms with van der Waals surface area (Å²) in [6.07, 6.45) is 4.72. The van der Waals surface area contributed by atoms with E-state index < -0.39 is 5.82 Å². The van der Waals surface area contributed by atoms with Crippen molar-refractivity contribution in [1.82, 2.24) is 15.6 Å². The fraction of sp³-hybridized carbons (Fsp3) is 0.375. The first-order chi connectivity index (χ1) is 11.2. The molecule has 2 fully saturated rings. The lowest BCUT2D eigenvalue weighted by Gasteiger charge is -2.20. The maximum atomic E-state index is 13.6. The van der Waals surface area contributed by atoms with Gasteiger partial charge in [-0.2, -0.15) is 0 Å². The molecule has 2 N–H and O–H groups in total. The Balaban J connectivity index is 1.41. The van der Waals surface area contributed by atoms with E-state index in [0.29, 0.717) is 22.2 Å². The van der Waals surface area contributed by atoms with E-state index in [-0.39, 0.29) is 17.7 Å². The number of rotatable bonds is 4. The number of carbonyl (C=O) groups is 1. The minimum atomic E-state index is -0.444. The van der Waals surface area contributed by atoms with Crippen LogP contribution in [0.3, 0.4) is 0 Å². The summed E-state index contributed by atoms with van der Waals surface area (Å²) >= 11 is 1.12. The highest BCUT2D eigenvalue weighted by atomic mass is 32.1. The first-order valence-corrected chi connectivity index (χ1v) is 8.46. The maximum absolute atomic E-state index is 13.6. The number of benzene rings is 1. The number of nitrogens with zero attached hydrogens (tertiary/aromatic N) is 1. The van der Waals surface area contributed by atoms with Crippen LogP contribution in [0, 0.1) is 5.82 Å². The normalized spacial score (nSPS) is 25.5. The lowest BCUT2D eigenvalue weighted by Crippen LogP contribution is -2.42. The number of ether oxygens (including phenoxy) is 1.